The fourth-order valence-electron chi connectivity index (χ4n) is 4.70. The second-order valence-corrected chi connectivity index (χ2v) is 15.0. The molecule has 0 amide bonds. The normalized spacial score (nSPS) is 12.0. The molecule has 1 atom stereocenters. The molecule has 0 aliphatic heterocycles. The molecule has 0 saturated heterocycles. The zero-order valence-corrected chi connectivity index (χ0v) is 26.3. The Morgan fingerprint density at radius 2 is 1.22 bits per heavy atom. The second kappa shape index (κ2) is 14.0. The maximum atomic E-state index is 4.78. The summed E-state index contributed by atoms with van der Waals surface area (Å²) in [6, 6.07) is 29.1. The summed E-state index contributed by atoms with van der Waals surface area (Å²) in [7, 11) is 2.86. The van der Waals surface area contributed by atoms with Crippen LogP contribution in [0.5, 0.6) is 0 Å². The molecule has 2 aromatic heterocycles. The SMILES string of the molecule is CCC(C)(C)P(C[c-]1cccc1C(P)(c1ccccn1)c1ccccn1)C(C)(C)CC.[Fe].[cH-]1[cH-][cH-][cH-][cH-]1. The minimum absolute atomic E-state index is 0. The largest absolute Gasteiger partial charge is 0.748 e. The topological polar surface area (TPSA) is 25.8 Å². The summed E-state index contributed by atoms with van der Waals surface area (Å²) in [6.45, 7) is 14.5. The summed E-state index contributed by atoms with van der Waals surface area (Å²) >= 11 is 0. The van der Waals surface area contributed by atoms with Crippen LogP contribution in [-0.4, -0.2) is 20.3 Å². The predicted octanol–water partition coefficient (Wildman–Crippen LogP) is 9.12. The van der Waals surface area contributed by atoms with Gasteiger partial charge in [0.15, 0.2) is 0 Å². The number of nitrogens with zero attached hydrogens (tertiary/aromatic N) is 2. The molecule has 1 unspecified atom stereocenters. The molecule has 0 N–H and O–H groups in total. The van der Waals surface area contributed by atoms with E-state index in [9.17, 15) is 0 Å². The van der Waals surface area contributed by atoms with Crippen LogP contribution in [-0.2, 0) is 28.4 Å². The van der Waals surface area contributed by atoms with Crippen molar-refractivity contribution >= 4 is 17.2 Å². The van der Waals surface area contributed by atoms with Gasteiger partial charge in [0, 0.05) is 29.5 Å². The average Bonchev–Trinajstić information content (AvgIpc) is 3.63. The number of aromatic nitrogens is 2. The second-order valence-electron chi connectivity index (χ2n) is 10.6. The third-order valence-corrected chi connectivity index (χ3v) is 12.7. The zero-order valence-electron chi connectivity index (χ0n) is 23.1. The smallest absolute Gasteiger partial charge is 0.0709 e. The standard InChI is InChI=1S/C27H37N2P2.C5H5.Fe/c1-7-25(3,4)31(26(5,6)8-2)20-21-14-13-15-22(21)27(30,23-16-9-11-18-28-23)24-17-10-12-19-29-24;1-2-4-5-3-1;/h9-19H,7-8,20,30H2,1-6H3;1-5H;/q-1;-5;. The minimum Gasteiger partial charge on any atom is -0.748 e. The molecule has 0 radical (unpaired) electrons. The molecule has 4 aromatic rings. The van der Waals surface area contributed by atoms with Crippen molar-refractivity contribution < 1.29 is 17.1 Å². The molecule has 0 spiro atoms. The molecule has 5 heteroatoms. The molecule has 2 heterocycles. The Labute approximate surface area is 239 Å². The third-order valence-electron chi connectivity index (χ3n) is 7.54. The van der Waals surface area contributed by atoms with E-state index >= 15 is 0 Å². The summed E-state index contributed by atoms with van der Waals surface area (Å²) in [6.07, 6.45) is 7.28. The van der Waals surface area contributed by atoms with Crippen molar-refractivity contribution in [3.05, 3.63) is 120 Å². The molecule has 0 aliphatic rings. The van der Waals surface area contributed by atoms with Crippen LogP contribution in [0.3, 0.4) is 0 Å². The third kappa shape index (κ3) is 7.49. The van der Waals surface area contributed by atoms with E-state index in [4.69, 9.17) is 9.97 Å². The van der Waals surface area contributed by atoms with Gasteiger partial charge in [0.25, 0.3) is 0 Å². The molecule has 0 bridgehead atoms. The van der Waals surface area contributed by atoms with Crippen LogP contribution in [0.1, 0.15) is 76.9 Å². The Hall–Kier alpha value is -1.62. The molecular weight excluding hydrogens is 530 g/mol. The first-order chi connectivity index (χ1) is 17.2. The van der Waals surface area contributed by atoms with Gasteiger partial charge in [-0.05, 0) is 47.4 Å². The van der Waals surface area contributed by atoms with E-state index in [1.54, 1.807) is 0 Å². The summed E-state index contributed by atoms with van der Waals surface area (Å²) < 4.78 is 0. The first kappa shape index (κ1) is 31.6. The summed E-state index contributed by atoms with van der Waals surface area (Å²) in [4.78, 5) is 9.56. The number of hydrogen-bond acceptors (Lipinski definition) is 2. The zero-order chi connectivity index (χ0) is 26.2. The number of hydrogen-bond donors (Lipinski definition) is 0. The molecule has 4 rings (SSSR count). The Morgan fingerprint density at radius 3 is 1.59 bits per heavy atom. The fourth-order valence-corrected chi connectivity index (χ4v) is 9.20. The van der Waals surface area contributed by atoms with Crippen molar-refractivity contribution in [3.63, 3.8) is 0 Å². The van der Waals surface area contributed by atoms with E-state index in [0.29, 0.717) is 10.3 Å². The summed E-state index contributed by atoms with van der Waals surface area (Å²) in [5.74, 6) is 0. The molecule has 2 aromatic carbocycles. The Morgan fingerprint density at radius 1 is 0.757 bits per heavy atom. The van der Waals surface area contributed by atoms with Crippen LogP contribution in [0.25, 0.3) is 0 Å². The van der Waals surface area contributed by atoms with E-state index in [2.05, 4.69) is 93.2 Å². The van der Waals surface area contributed by atoms with Gasteiger partial charge in [-0.1, -0.05) is 59.8 Å². The van der Waals surface area contributed by atoms with Gasteiger partial charge in [0.2, 0.25) is 0 Å². The van der Waals surface area contributed by atoms with E-state index in [1.165, 1.54) is 24.0 Å². The minimum atomic E-state index is -0.463. The first-order valence-electron chi connectivity index (χ1n) is 13.0. The summed E-state index contributed by atoms with van der Waals surface area (Å²) in [5, 5.41) is 0.181. The van der Waals surface area contributed by atoms with Gasteiger partial charge >= 0.3 is 0 Å². The Bertz CT molecular complexity index is 1080. The monoisotopic (exact) mass is 572 g/mol. The van der Waals surface area contributed by atoms with Gasteiger partial charge in [-0.2, -0.15) is 6.07 Å². The van der Waals surface area contributed by atoms with E-state index < -0.39 is 5.16 Å². The van der Waals surface area contributed by atoms with Crippen LogP contribution in [0.15, 0.2) is 97.3 Å². The van der Waals surface area contributed by atoms with Gasteiger partial charge in [0.1, 0.15) is 0 Å². The van der Waals surface area contributed by atoms with Crippen molar-refractivity contribution in [3.8, 4) is 0 Å². The van der Waals surface area contributed by atoms with Gasteiger partial charge in [-0.25, -0.2) is 12.1 Å². The van der Waals surface area contributed by atoms with Crippen LogP contribution < -0.4 is 0 Å². The Kier molecular flexibility index (Phi) is 11.9. The van der Waals surface area contributed by atoms with Crippen molar-refractivity contribution in [2.45, 2.75) is 76.0 Å². The predicted molar refractivity (Wildman–Crippen MR) is 161 cm³/mol. The van der Waals surface area contributed by atoms with E-state index in [0.717, 1.165) is 17.5 Å². The average molecular weight is 572 g/mol. The molecule has 37 heavy (non-hydrogen) atoms. The van der Waals surface area contributed by atoms with Gasteiger partial charge in [0.05, 0.1) is 16.5 Å². The maximum Gasteiger partial charge on any atom is 0.0709 e. The van der Waals surface area contributed by atoms with Crippen LogP contribution in [0.2, 0.25) is 0 Å². The van der Waals surface area contributed by atoms with Crippen molar-refractivity contribution in [2.24, 2.45) is 0 Å². The van der Waals surface area contributed by atoms with Crippen LogP contribution >= 0.6 is 17.2 Å². The van der Waals surface area contributed by atoms with E-state index in [1.807, 2.05) is 54.9 Å². The van der Waals surface area contributed by atoms with Crippen molar-refractivity contribution in [1.29, 1.82) is 0 Å². The number of rotatable bonds is 9. The number of pyridine rings is 2. The molecule has 2 nitrogen and oxygen atoms in total. The Balaban J connectivity index is 0.000000716. The molecule has 204 valence electrons. The molecule has 0 aliphatic carbocycles. The quantitative estimate of drug-likeness (QED) is 0.114. The fraction of sp³-hybridized carbons (Fsp3) is 0.375. The van der Waals surface area contributed by atoms with Crippen LogP contribution in [0.4, 0.5) is 0 Å². The van der Waals surface area contributed by atoms with Crippen LogP contribution in [0, 0.1) is 0 Å². The molecule has 0 fully saturated rings. The van der Waals surface area contributed by atoms with Crippen molar-refractivity contribution in [2.75, 3.05) is 0 Å². The van der Waals surface area contributed by atoms with Gasteiger partial charge in [-0.15, -0.1) is 28.3 Å². The summed E-state index contributed by atoms with van der Waals surface area (Å²) in [5.41, 5.74) is 4.77. The van der Waals surface area contributed by atoms with Gasteiger partial charge in [-0.3, -0.25) is 9.97 Å². The molecular formula is C32H42FeN2P2-6. The first-order valence-corrected chi connectivity index (χ1v) is 15.1. The van der Waals surface area contributed by atoms with E-state index in [-0.39, 0.29) is 25.0 Å². The van der Waals surface area contributed by atoms with Gasteiger partial charge < -0.3 is 30.3 Å². The molecule has 0 saturated carbocycles. The van der Waals surface area contributed by atoms with Crippen molar-refractivity contribution in [1.82, 2.24) is 9.97 Å². The maximum absolute atomic E-state index is 4.78.